The van der Waals surface area contributed by atoms with E-state index < -0.39 is 10.8 Å². The van der Waals surface area contributed by atoms with Crippen molar-refractivity contribution in [2.45, 2.75) is 51.6 Å². The molecule has 102 valence electrons. The van der Waals surface area contributed by atoms with Gasteiger partial charge in [0.1, 0.15) is 5.01 Å². The van der Waals surface area contributed by atoms with Crippen LogP contribution >= 0.6 is 11.3 Å². The van der Waals surface area contributed by atoms with Gasteiger partial charge in [0.25, 0.3) is 0 Å². The van der Waals surface area contributed by atoms with Gasteiger partial charge >= 0.3 is 0 Å². The molecule has 0 unspecified atom stereocenters. The van der Waals surface area contributed by atoms with Gasteiger partial charge in [0.2, 0.25) is 0 Å². The van der Waals surface area contributed by atoms with Gasteiger partial charge in [-0.25, -0.2) is 4.98 Å². The lowest BCUT2D eigenvalue weighted by atomic mass is 9.93. The van der Waals surface area contributed by atoms with Crippen LogP contribution in [0.5, 0.6) is 0 Å². The summed E-state index contributed by atoms with van der Waals surface area (Å²) in [4.78, 5) is 4.68. The van der Waals surface area contributed by atoms with E-state index in [1.807, 2.05) is 0 Å². The third-order valence-corrected chi connectivity index (χ3v) is 5.48. The van der Waals surface area contributed by atoms with E-state index in [4.69, 9.17) is 0 Å². The second kappa shape index (κ2) is 5.80. The second-order valence-corrected chi connectivity index (χ2v) is 8.52. The molecule has 3 nitrogen and oxygen atoms in total. The van der Waals surface area contributed by atoms with Crippen LogP contribution in [0.15, 0.2) is 5.38 Å². The molecule has 0 aliphatic carbocycles. The van der Waals surface area contributed by atoms with E-state index in [1.165, 1.54) is 5.69 Å². The van der Waals surface area contributed by atoms with Gasteiger partial charge in [0.05, 0.1) is 5.69 Å². The summed E-state index contributed by atoms with van der Waals surface area (Å²) in [6.45, 7) is 7.42. The minimum absolute atomic E-state index is 0.135. The molecule has 1 aromatic rings. The van der Waals surface area contributed by atoms with E-state index in [0.717, 1.165) is 35.9 Å². The van der Waals surface area contributed by atoms with Gasteiger partial charge in [-0.1, -0.05) is 20.8 Å². The van der Waals surface area contributed by atoms with Crippen molar-refractivity contribution in [1.82, 2.24) is 10.3 Å². The first-order valence-corrected chi connectivity index (χ1v) is 8.85. The first-order chi connectivity index (χ1) is 8.45. The monoisotopic (exact) mass is 286 g/mol. The van der Waals surface area contributed by atoms with Crippen molar-refractivity contribution < 1.29 is 4.21 Å². The maximum absolute atomic E-state index is 11.3. The Bertz CT molecular complexity index is 413. The molecule has 1 aliphatic heterocycles. The summed E-state index contributed by atoms with van der Waals surface area (Å²) in [6.07, 6.45) is 2.06. The summed E-state index contributed by atoms with van der Waals surface area (Å²) >= 11 is 1.73. The summed E-state index contributed by atoms with van der Waals surface area (Å²) in [7, 11) is -0.570. The van der Waals surface area contributed by atoms with E-state index >= 15 is 0 Å². The Kier molecular flexibility index (Phi) is 4.56. The van der Waals surface area contributed by atoms with Crippen LogP contribution in [0.1, 0.15) is 44.3 Å². The number of rotatable bonds is 3. The molecule has 0 aromatic carbocycles. The van der Waals surface area contributed by atoms with Crippen LogP contribution in [0.2, 0.25) is 0 Å². The van der Waals surface area contributed by atoms with Gasteiger partial charge < -0.3 is 5.32 Å². The van der Waals surface area contributed by atoms with Crippen molar-refractivity contribution in [3.05, 3.63) is 16.1 Å². The molecule has 1 aliphatic rings. The summed E-state index contributed by atoms with van der Waals surface area (Å²) in [5, 5.41) is 6.86. The van der Waals surface area contributed by atoms with Crippen molar-refractivity contribution in [3.63, 3.8) is 0 Å². The third-order valence-electron chi connectivity index (χ3n) is 3.25. The molecular weight excluding hydrogens is 264 g/mol. The minimum Gasteiger partial charge on any atom is -0.308 e. The Labute approximate surface area is 116 Å². The SMILES string of the molecule is CC(C)(C)c1csc(CNC2CCS(=O)CC2)n1. The van der Waals surface area contributed by atoms with Crippen LogP contribution in [0.3, 0.4) is 0 Å². The van der Waals surface area contributed by atoms with Gasteiger partial charge in [-0.3, -0.25) is 4.21 Å². The topological polar surface area (TPSA) is 42.0 Å². The van der Waals surface area contributed by atoms with E-state index in [2.05, 4.69) is 36.5 Å². The number of hydrogen-bond donors (Lipinski definition) is 1. The normalized spacial score (nSPS) is 25.3. The van der Waals surface area contributed by atoms with Crippen molar-refractivity contribution in [2.24, 2.45) is 0 Å². The zero-order valence-electron chi connectivity index (χ0n) is 11.4. The van der Waals surface area contributed by atoms with E-state index in [0.29, 0.717) is 6.04 Å². The Morgan fingerprint density at radius 1 is 1.44 bits per heavy atom. The number of aromatic nitrogens is 1. The Morgan fingerprint density at radius 2 is 2.11 bits per heavy atom. The lowest BCUT2D eigenvalue weighted by Crippen LogP contribution is -2.35. The number of hydrogen-bond acceptors (Lipinski definition) is 4. The summed E-state index contributed by atoms with van der Waals surface area (Å²) in [6, 6.07) is 0.518. The van der Waals surface area contributed by atoms with E-state index in [1.54, 1.807) is 11.3 Å². The molecule has 2 heterocycles. The molecule has 1 saturated heterocycles. The van der Waals surface area contributed by atoms with Crippen molar-refractivity contribution in [3.8, 4) is 0 Å². The van der Waals surface area contributed by atoms with Crippen molar-refractivity contribution >= 4 is 22.1 Å². The highest BCUT2D eigenvalue weighted by molar-refractivity contribution is 7.85. The minimum atomic E-state index is -0.570. The van der Waals surface area contributed by atoms with Crippen LogP contribution in [-0.2, 0) is 22.8 Å². The zero-order chi connectivity index (χ0) is 13.2. The first-order valence-electron chi connectivity index (χ1n) is 6.48. The largest absolute Gasteiger partial charge is 0.308 e. The molecule has 0 amide bonds. The van der Waals surface area contributed by atoms with Gasteiger partial charge in [-0.2, -0.15) is 0 Å². The summed E-state index contributed by atoms with van der Waals surface area (Å²) in [5.41, 5.74) is 1.31. The zero-order valence-corrected chi connectivity index (χ0v) is 13.0. The molecule has 1 fully saturated rings. The molecule has 0 atom stereocenters. The Morgan fingerprint density at radius 3 is 2.67 bits per heavy atom. The van der Waals surface area contributed by atoms with E-state index in [-0.39, 0.29) is 5.41 Å². The predicted octanol–water partition coefficient (Wildman–Crippen LogP) is 2.44. The van der Waals surface area contributed by atoms with Crippen molar-refractivity contribution in [2.75, 3.05) is 11.5 Å². The van der Waals surface area contributed by atoms with Gasteiger partial charge in [-0.05, 0) is 12.8 Å². The highest BCUT2D eigenvalue weighted by Crippen LogP contribution is 2.24. The molecule has 0 saturated carbocycles. The highest BCUT2D eigenvalue weighted by atomic mass is 32.2. The van der Waals surface area contributed by atoms with Gasteiger partial charge in [0.15, 0.2) is 0 Å². The number of thiazole rings is 1. The molecule has 5 heteroatoms. The van der Waals surface area contributed by atoms with Crippen LogP contribution in [0.4, 0.5) is 0 Å². The van der Waals surface area contributed by atoms with Crippen LogP contribution in [-0.4, -0.2) is 26.7 Å². The molecule has 1 aromatic heterocycles. The molecule has 18 heavy (non-hydrogen) atoms. The Balaban J connectivity index is 1.83. The first kappa shape index (κ1) is 14.2. The molecule has 1 N–H and O–H groups in total. The predicted molar refractivity (Wildman–Crippen MR) is 78.6 cm³/mol. The fourth-order valence-electron chi connectivity index (χ4n) is 1.97. The number of nitrogens with zero attached hydrogens (tertiary/aromatic N) is 1. The maximum Gasteiger partial charge on any atom is 0.107 e. The van der Waals surface area contributed by atoms with Gasteiger partial charge in [-0.15, -0.1) is 11.3 Å². The quantitative estimate of drug-likeness (QED) is 0.928. The average molecular weight is 286 g/mol. The molecular formula is C13H22N2OS2. The summed E-state index contributed by atoms with van der Waals surface area (Å²) < 4.78 is 11.3. The maximum atomic E-state index is 11.3. The molecule has 2 rings (SSSR count). The third kappa shape index (κ3) is 3.87. The molecule has 0 spiro atoms. The van der Waals surface area contributed by atoms with Crippen molar-refractivity contribution in [1.29, 1.82) is 0 Å². The summed E-state index contributed by atoms with van der Waals surface area (Å²) in [5.74, 6) is 1.70. The fourth-order valence-corrected chi connectivity index (χ4v) is 4.24. The molecule has 0 bridgehead atoms. The van der Waals surface area contributed by atoms with Crippen LogP contribution in [0, 0.1) is 0 Å². The van der Waals surface area contributed by atoms with Gasteiger partial charge in [0, 0.05) is 45.7 Å². The smallest absolute Gasteiger partial charge is 0.107 e. The Hall–Kier alpha value is -0.260. The second-order valence-electron chi connectivity index (χ2n) is 5.88. The fraction of sp³-hybridized carbons (Fsp3) is 0.769. The lowest BCUT2D eigenvalue weighted by Gasteiger charge is -2.22. The van der Waals surface area contributed by atoms with E-state index in [9.17, 15) is 4.21 Å². The van der Waals surface area contributed by atoms with Crippen LogP contribution < -0.4 is 5.32 Å². The average Bonchev–Trinajstić information content (AvgIpc) is 2.77. The highest BCUT2D eigenvalue weighted by Gasteiger charge is 2.19. The number of nitrogens with one attached hydrogen (secondary N) is 1. The molecule has 0 radical (unpaired) electrons. The van der Waals surface area contributed by atoms with Crippen LogP contribution in [0.25, 0.3) is 0 Å². The lowest BCUT2D eigenvalue weighted by molar-refractivity contribution is 0.473. The standard InChI is InChI=1S/C13H22N2OS2/c1-13(2,3)11-9-17-12(15-11)8-14-10-4-6-18(16)7-5-10/h9-10,14H,4-8H2,1-3H3.